The van der Waals surface area contributed by atoms with Crippen LogP contribution in [-0.2, 0) is 4.79 Å². The van der Waals surface area contributed by atoms with Crippen molar-refractivity contribution >= 4 is 11.6 Å². The molecule has 1 heterocycles. The van der Waals surface area contributed by atoms with E-state index in [9.17, 15) is 4.79 Å². The smallest absolute Gasteiger partial charge is 0.224 e. The molecule has 0 aromatic heterocycles. The molecule has 4 N–H and O–H groups in total. The minimum absolute atomic E-state index is 0.0223. The van der Waals surface area contributed by atoms with Gasteiger partial charge in [-0.2, -0.15) is 0 Å². The van der Waals surface area contributed by atoms with E-state index in [1.54, 1.807) is 0 Å². The van der Waals surface area contributed by atoms with Crippen LogP contribution in [-0.4, -0.2) is 23.4 Å². The van der Waals surface area contributed by atoms with E-state index >= 15 is 0 Å². The lowest BCUT2D eigenvalue weighted by Gasteiger charge is -2.27. The van der Waals surface area contributed by atoms with Crippen LogP contribution in [0.15, 0.2) is 24.3 Å². The third-order valence-corrected chi connectivity index (χ3v) is 3.19. The molecule has 0 radical (unpaired) electrons. The van der Waals surface area contributed by atoms with Gasteiger partial charge in [-0.25, -0.2) is 0 Å². The maximum Gasteiger partial charge on any atom is 0.224 e. The van der Waals surface area contributed by atoms with Crippen molar-refractivity contribution in [3.8, 4) is 0 Å². The average molecular weight is 233 g/mol. The molecule has 0 saturated carbocycles. The quantitative estimate of drug-likeness (QED) is 0.772. The van der Waals surface area contributed by atoms with E-state index in [-0.39, 0.29) is 18.0 Å². The second-order valence-corrected chi connectivity index (χ2v) is 4.57. The van der Waals surface area contributed by atoms with E-state index in [1.807, 2.05) is 29.2 Å². The summed E-state index contributed by atoms with van der Waals surface area (Å²) in [6.45, 7) is 2.82. The van der Waals surface area contributed by atoms with Crippen LogP contribution in [0.1, 0.15) is 31.4 Å². The Morgan fingerprint density at radius 2 is 2.24 bits per heavy atom. The standard InChI is InChI=1S/C13H19N3O/c1-2-6-16-12(17)8-11(15)13(16)9-4-3-5-10(14)7-9/h3-5,7,11,13H,2,6,8,14-15H2,1H3. The fraction of sp³-hybridized carbons (Fsp3) is 0.462. The number of anilines is 1. The van der Waals surface area contributed by atoms with Gasteiger partial charge in [0.2, 0.25) is 5.91 Å². The van der Waals surface area contributed by atoms with Crippen LogP contribution in [0.2, 0.25) is 0 Å². The van der Waals surface area contributed by atoms with Crippen LogP contribution in [0, 0.1) is 0 Å². The Bertz CT molecular complexity index is 419. The Morgan fingerprint density at radius 1 is 1.47 bits per heavy atom. The zero-order valence-corrected chi connectivity index (χ0v) is 10.1. The third-order valence-electron chi connectivity index (χ3n) is 3.19. The van der Waals surface area contributed by atoms with Crippen LogP contribution in [0.5, 0.6) is 0 Å². The summed E-state index contributed by atoms with van der Waals surface area (Å²) in [6.07, 6.45) is 1.37. The first-order chi connectivity index (χ1) is 8.13. The monoisotopic (exact) mass is 233 g/mol. The Labute approximate surface area is 102 Å². The summed E-state index contributed by atoms with van der Waals surface area (Å²) < 4.78 is 0. The van der Waals surface area contributed by atoms with Crippen molar-refractivity contribution in [2.75, 3.05) is 12.3 Å². The van der Waals surface area contributed by atoms with Crippen molar-refractivity contribution in [3.05, 3.63) is 29.8 Å². The molecule has 1 amide bonds. The Hall–Kier alpha value is -1.55. The number of carbonyl (C=O) groups excluding carboxylic acids is 1. The molecule has 4 nitrogen and oxygen atoms in total. The van der Waals surface area contributed by atoms with Crippen molar-refractivity contribution in [1.29, 1.82) is 0 Å². The molecule has 2 rings (SSSR count). The van der Waals surface area contributed by atoms with Gasteiger partial charge < -0.3 is 16.4 Å². The lowest BCUT2D eigenvalue weighted by atomic mass is 10.0. The highest BCUT2D eigenvalue weighted by atomic mass is 16.2. The maximum absolute atomic E-state index is 11.9. The molecule has 2 atom stereocenters. The van der Waals surface area contributed by atoms with Gasteiger partial charge in [0.25, 0.3) is 0 Å². The predicted octanol–water partition coefficient (Wildman–Crippen LogP) is 1.28. The van der Waals surface area contributed by atoms with Gasteiger partial charge in [0.05, 0.1) is 6.04 Å². The first kappa shape index (κ1) is 11.9. The molecule has 2 unspecified atom stereocenters. The first-order valence-corrected chi connectivity index (χ1v) is 6.04. The van der Waals surface area contributed by atoms with Gasteiger partial charge in [-0.15, -0.1) is 0 Å². The number of hydrogen-bond donors (Lipinski definition) is 2. The zero-order chi connectivity index (χ0) is 12.4. The summed E-state index contributed by atoms with van der Waals surface area (Å²) in [4.78, 5) is 13.7. The molecular formula is C13H19N3O. The number of carbonyl (C=O) groups is 1. The molecule has 92 valence electrons. The first-order valence-electron chi connectivity index (χ1n) is 6.04. The SMILES string of the molecule is CCCN1C(=O)CC(N)C1c1cccc(N)c1. The third kappa shape index (κ3) is 2.26. The largest absolute Gasteiger partial charge is 0.399 e. The molecule has 0 spiro atoms. The molecule has 4 heteroatoms. The van der Waals surface area contributed by atoms with E-state index in [1.165, 1.54) is 0 Å². The second kappa shape index (κ2) is 4.75. The zero-order valence-electron chi connectivity index (χ0n) is 10.1. The fourth-order valence-corrected chi connectivity index (χ4v) is 2.49. The minimum atomic E-state index is -0.129. The van der Waals surface area contributed by atoms with Gasteiger partial charge in [0.1, 0.15) is 0 Å². The van der Waals surface area contributed by atoms with Crippen molar-refractivity contribution < 1.29 is 4.79 Å². The van der Waals surface area contributed by atoms with Gasteiger partial charge in [0, 0.05) is 24.7 Å². The fourth-order valence-electron chi connectivity index (χ4n) is 2.49. The molecule has 0 bridgehead atoms. The van der Waals surface area contributed by atoms with Gasteiger partial charge in [-0.05, 0) is 24.1 Å². The summed E-state index contributed by atoms with van der Waals surface area (Å²) in [7, 11) is 0. The van der Waals surface area contributed by atoms with E-state index in [4.69, 9.17) is 11.5 Å². The summed E-state index contributed by atoms with van der Waals surface area (Å²) in [6, 6.07) is 7.50. The van der Waals surface area contributed by atoms with Crippen molar-refractivity contribution in [2.24, 2.45) is 5.73 Å². The highest BCUT2D eigenvalue weighted by Gasteiger charge is 2.37. The Kier molecular flexibility index (Phi) is 3.33. The number of nitrogens with zero attached hydrogens (tertiary/aromatic N) is 1. The number of nitrogens with two attached hydrogens (primary N) is 2. The molecule has 1 aromatic rings. The van der Waals surface area contributed by atoms with E-state index in [2.05, 4.69) is 6.92 Å². The lowest BCUT2D eigenvalue weighted by Crippen LogP contribution is -2.33. The summed E-state index contributed by atoms with van der Waals surface area (Å²) in [5, 5.41) is 0. The van der Waals surface area contributed by atoms with Gasteiger partial charge >= 0.3 is 0 Å². The number of hydrogen-bond acceptors (Lipinski definition) is 3. The minimum Gasteiger partial charge on any atom is -0.399 e. The summed E-state index contributed by atoms with van der Waals surface area (Å²) in [5.41, 5.74) is 13.6. The van der Waals surface area contributed by atoms with Crippen LogP contribution >= 0.6 is 0 Å². The molecule has 1 aliphatic rings. The van der Waals surface area contributed by atoms with Gasteiger partial charge in [0.15, 0.2) is 0 Å². The Morgan fingerprint density at radius 3 is 2.88 bits per heavy atom. The molecule has 1 fully saturated rings. The Balaban J connectivity index is 2.31. The van der Waals surface area contributed by atoms with E-state index < -0.39 is 0 Å². The van der Waals surface area contributed by atoms with Crippen molar-refractivity contribution in [1.82, 2.24) is 4.90 Å². The van der Waals surface area contributed by atoms with Crippen LogP contribution < -0.4 is 11.5 Å². The summed E-state index contributed by atoms with van der Waals surface area (Å²) in [5.74, 6) is 0.145. The molecule has 0 aliphatic carbocycles. The molecule has 17 heavy (non-hydrogen) atoms. The number of benzene rings is 1. The highest BCUT2D eigenvalue weighted by Crippen LogP contribution is 2.32. The van der Waals surface area contributed by atoms with Crippen LogP contribution in [0.4, 0.5) is 5.69 Å². The van der Waals surface area contributed by atoms with E-state index in [0.29, 0.717) is 12.1 Å². The van der Waals surface area contributed by atoms with Crippen LogP contribution in [0.25, 0.3) is 0 Å². The predicted molar refractivity (Wildman–Crippen MR) is 68.2 cm³/mol. The van der Waals surface area contributed by atoms with Crippen molar-refractivity contribution in [3.63, 3.8) is 0 Å². The number of nitrogen functional groups attached to an aromatic ring is 1. The number of rotatable bonds is 3. The molecular weight excluding hydrogens is 214 g/mol. The molecule has 1 aliphatic heterocycles. The number of amides is 1. The average Bonchev–Trinajstić information content (AvgIpc) is 2.54. The van der Waals surface area contributed by atoms with Gasteiger partial charge in [-0.3, -0.25) is 4.79 Å². The highest BCUT2D eigenvalue weighted by molar-refractivity contribution is 5.80. The lowest BCUT2D eigenvalue weighted by molar-refractivity contribution is -0.129. The number of likely N-dealkylation sites (tertiary alicyclic amines) is 1. The maximum atomic E-state index is 11.9. The normalized spacial score (nSPS) is 24.4. The topological polar surface area (TPSA) is 72.3 Å². The molecule has 1 aromatic carbocycles. The second-order valence-electron chi connectivity index (χ2n) is 4.57. The van der Waals surface area contributed by atoms with Crippen LogP contribution in [0.3, 0.4) is 0 Å². The van der Waals surface area contributed by atoms with Crippen molar-refractivity contribution in [2.45, 2.75) is 31.8 Å². The van der Waals surface area contributed by atoms with E-state index in [0.717, 1.165) is 18.5 Å². The van der Waals surface area contributed by atoms with Gasteiger partial charge in [-0.1, -0.05) is 19.1 Å². The molecule has 1 saturated heterocycles. The summed E-state index contributed by atoms with van der Waals surface area (Å²) >= 11 is 0.